The number of halogens is 1. The van der Waals surface area contributed by atoms with Crippen molar-refractivity contribution in [1.82, 2.24) is 0 Å². The maximum Gasteiger partial charge on any atom is 0.271 e. The molecule has 0 heterocycles. The Morgan fingerprint density at radius 1 is 1.40 bits per heavy atom. The Bertz CT molecular complexity index is 535. The molecule has 2 saturated carbocycles. The van der Waals surface area contributed by atoms with E-state index < -0.39 is 4.92 Å². The van der Waals surface area contributed by atoms with E-state index in [1.807, 2.05) is 0 Å². The molecule has 2 fully saturated rings. The van der Waals surface area contributed by atoms with E-state index in [0.29, 0.717) is 17.0 Å². The SMILES string of the molecule is CC(Nc1ccc([N+](=O)[O-])cc1Cl)C1CC2CCC1C2. The smallest absolute Gasteiger partial charge is 0.271 e. The lowest BCUT2D eigenvalue weighted by atomic mass is 9.84. The van der Waals surface area contributed by atoms with Crippen LogP contribution in [-0.2, 0) is 0 Å². The number of hydrogen-bond donors (Lipinski definition) is 1. The highest BCUT2D eigenvalue weighted by molar-refractivity contribution is 6.33. The van der Waals surface area contributed by atoms with Gasteiger partial charge in [0.1, 0.15) is 0 Å². The van der Waals surface area contributed by atoms with Crippen LogP contribution in [0.1, 0.15) is 32.6 Å². The fourth-order valence-corrected chi connectivity index (χ4v) is 4.22. The van der Waals surface area contributed by atoms with Gasteiger partial charge in [0.2, 0.25) is 0 Å². The zero-order valence-electron chi connectivity index (χ0n) is 11.5. The summed E-state index contributed by atoms with van der Waals surface area (Å²) in [6.07, 6.45) is 5.44. The zero-order valence-corrected chi connectivity index (χ0v) is 12.3. The molecule has 3 rings (SSSR count). The Morgan fingerprint density at radius 2 is 2.20 bits per heavy atom. The topological polar surface area (TPSA) is 55.2 Å². The first-order valence-corrected chi connectivity index (χ1v) is 7.63. The van der Waals surface area contributed by atoms with E-state index in [4.69, 9.17) is 11.6 Å². The minimum atomic E-state index is -0.422. The molecule has 5 heteroatoms. The molecule has 0 radical (unpaired) electrons. The Morgan fingerprint density at radius 3 is 2.75 bits per heavy atom. The largest absolute Gasteiger partial charge is 0.381 e. The number of anilines is 1. The zero-order chi connectivity index (χ0) is 14.3. The van der Waals surface area contributed by atoms with Crippen LogP contribution in [0.2, 0.25) is 5.02 Å². The second kappa shape index (κ2) is 5.24. The van der Waals surface area contributed by atoms with Gasteiger partial charge in [-0.1, -0.05) is 18.0 Å². The number of non-ortho nitro benzene ring substituents is 1. The quantitative estimate of drug-likeness (QED) is 0.658. The third-order valence-electron chi connectivity index (χ3n) is 4.98. The van der Waals surface area contributed by atoms with E-state index in [9.17, 15) is 10.1 Å². The van der Waals surface area contributed by atoms with Gasteiger partial charge in [0.25, 0.3) is 5.69 Å². The van der Waals surface area contributed by atoms with Gasteiger partial charge in [0.05, 0.1) is 15.6 Å². The molecule has 1 N–H and O–H groups in total. The molecular formula is C15H19ClN2O2. The number of nitro benzene ring substituents is 1. The maximum absolute atomic E-state index is 10.7. The van der Waals surface area contributed by atoms with Gasteiger partial charge in [-0.3, -0.25) is 10.1 Å². The third-order valence-corrected chi connectivity index (χ3v) is 5.29. The summed E-state index contributed by atoms with van der Waals surface area (Å²) in [5.74, 6) is 2.47. The van der Waals surface area contributed by atoms with Gasteiger partial charge >= 0.3 is 0 Å². The van der Waals surface area contributed by atoms with Crippen LogP contribution >= 0.6 is 11.6 Å². The van der Waals surface area contributed by atoms with Crippen LogP contribution in [0.25, 0.3) is 0 Å². The van der Waals surface area contributed by atoms with Crippen LogP contribution in [-0.4, -0.2) is 11.0 Å². The van der Waals surface area contributed by atoms with Gasteiger partial charge in [-0.25, -0.2) is 0 Å². The van der Waals surface area contributed by atoms with E-state index in [0.717, 1.165) is 17.5 Å². The van der Waals surface area contributed by atoms with Crippen LogP contribution in [0.15, 0.2) is 18.2 Å². The predicted molar refractivity (Wildman–Crippen MR) is 80.1 cm³/mol. The Hall–Kier alpha value is -1.29. The predicted octanol–water partition coefficient (Wildman–Crippen LogP) is 4.48. The minimum absolute atomic E-state index is 0.0353. The summed E-state index contributed by atoms with van der Waals surface area (Å²) in [4.78, 5) is 10.3. The van der Waals surface area contributed by atoms with E-state index in [2.05, 4.69) is 12.2 Å². The summed E-state index contributed by atoms with van der Waals surface area (Å²) >= 11 is 6.14. The van der Waals surface area contributed by atoms with Crippen molar-refractivity contribution in [3.63, 3.8) is 0 Å². The van der Waals surface area contributed by atoms with Gasteiger partial charge in [-0.05, 0) is 50.0 Å². The average molecular weight is 295 g/mol. The number of nitro groups is 1. The summed E-state index contributed by atoms with van der Waals surface area (Å²) in [7, 11) is 0. The average Bonchev–Trinajstić information content (AvgIpc) is 3.03. The molecule has 4 unspecified atom stereocenters. The molecule has 1 aromatic rings. The molecule has 2 aliphatic carbocycles. The van der Waals surface area contributed by atoms with Gasteiger partial charge in [-0.2, -0.15) is 0 Å². The van der Waals surface area contributed by atoms with Gasteiger partial charge in [0, 0.05) is 18.2 Å². The van der Waals surface area contributed by atoms with Crippen molar-refractivity contribution in [2.75, 3.05) is 5.32 Å². The van der Waals surface area contributed by atoms with Crippen LogP contribution in [0.3, 0.4) is 0 Å². The molecule has 0 amide bonds. The molecule has 2 aliphatic rings. The molecule has 4 atom stereocenters. The maximum atomic E-state index is 10.7. The Kier molecular flexibility index (Phi) is 3.59. The molecular weight excluding hydrogens is 276 g/mol. The number of fused-ring (bicyclic) bond motifs is 2. The summed E-state index contributed by atoms with van der Waals surface area (Å²) in [6.45, 7) is 2.20. The molecule has 0 aromatic heterocycles. The highest BCUT2D eigenvalue weighted by Gasteiger charge is 2.41. The van der Waals surface area contributed by atoms with Crippen LogP contribution < -0.4 is 5.32 Å². The Balaban J connectivity index is 1.70. The number of benzene rings is 1. The number of nitrogens with one attached hydrogen (secondary N) is 1. The lowest BCUT2D eigenvalue weighted by Gasteiger charge is -2.29. The summed E-state index contributed by atoms with van der Waals surface area (Å²) in [5, 5.41) is 14.6. The minimum Gasteiger partial charge on any atom is -0.381 e. The molecule has 2 bridgehead atoms. The molecule has 108 valence electrons. The van der Waals surface area contributed by atoms with Crippen molar-refractivity contribution in [1.29, 1.82) is 0 Å². The monoisotopic (exact) mass is 294 g/mol. The first-order valence-electron chi connectivity index (χ1n) is 7.25. The lowest BCUT2D eigenvalue weighted by molar-refractivity contribution is -0.384. The molecule has 0 aliphatic heterocycles. The van der Waals surface area contributed by atoms with Crippen LogP contribution in [0.4, 0.5) is 11.4 Å². The molecule has 0 spiro atoms. The molecule has 4 nitrogen and oxygen atoms in total. The third kappa shape index (κ3) is 2.49. The van der Waals surface area contributed by atoms with Crippen molar-refractivity contribution in [3.05, 3.63) is 33.3 Å². The highest BCUT2D eigenvalue weighted by atomic mass is 35.5. The van der Waals surface area contributed by atoms with Crippen molar-refractivity contribution < 1.29 is 4.92 Å². The summed E-state index contributed by atoms with van der Waals surface area (Å²) < 4.78 is 0. The van der Waals surface area contributed by atoms with Gasteiger partial charge in [-0.15, -0.1) is 0 Å². The van der Waals surface area contributed by atoms with E-state index in [1.54, 1.807) is 6.07 Å². The normalized spacial score (nSPS) is 29.4. The van der Waals surface area contributed by atoms with Crippen molar-refractivity contribution in [3.8, 4) is 0 Å². The second-order valence-electron chi connectivity index (χ2n) is 6.19. The molecule has 20 heavy (non-hydrogen) atoms. The number of rotatable bonds is 4. The lowest BCUT2D eigenvalue weighted by Crippen LogP contribution is -2.30. The van der Waals surface area contributed by atoms with Crippen LogP contribution in [0.5, 0.6) is 0 Å². The second-order valence-corrected chi connectivity index (χ2v) is 6.60. The van der Waals surface area contributed by atoms with Gasteiger partial charge in [0.15, 0.2) is 0 Å². The molecule has 0 saturated heterocycles. The fraction of sp³-hybridized carbons (Fsp3) is 0.600. The van der Waals surface area contributed by atoms with E-state index in [-0.39, 0.29) is 5.69 Å². The standard InChI is InChI=1S/C15H19ClN2O2/c1-9(13-7-10-2-3-11(13)6-10)17-15-5-4-12(18(19)20)8-14(15)16/h4-5,8-11,13,17H,2-3,6-7H2,1H3. The van der Waals surface area contributed by atoms with E-state index in [1.165, 1.54) is 37.8 Å². The Labute approximate surface area is 123 Å². The molecule has 1 aromatic carbocycles. The van der Waals surface area contributed by atoms with Crippen molar-refractivity contribution >= 4 is 23.0 Å². The number of hydrogen-bond acceptors (Lipinski definition) is 3. The van der Waals surface area contributed by atoms with Crippen molar-refractivity contribution in [2.45, 2.75) is 38.6 Å². The first-order chi connectivity index (χ1) is 9.54. The van der Waals surface area contributed by atoms with Crippen molar-refractivity contribution in [2.24, 2.45) is 17.8 Å². The summed E-state index contributed by atoms with van der Waals surface area (Å²) in [6, 6.07) is 4.99. The highest BCUT2D eigenvalue weighted by Crippen LogP contribution is 2.50. The fourth-order valence-electron chi connectivity index (χ4n) is 3.99. The summed E-state index contributed by atoms with van der Waals surface area (Å²) in [5.41, 5.74) is 0.834. The van der Waals surface area contributed by atoms with E-state index >= 15 is 0 Å². The first kappa shape index (κ1) is 13.7. The van der Waals surface area contributed by atoms with Gasteiger partial charge < -0.3 is 5.32 Å². The number of nitrogens with zero attached hydrogens (tertiary/aromatic N) is 1. The van der Waals surface area contributed by atoms with Crippen LogP contribution in [0, 0.1) is 27.9 Å².